The highest BCUT2D eigenvalue weighted by Crippen LogP contribution is 2.19. The molecule has 0 fully saturated rings. The third kappa shape index (κ3) is 3.58. The van der Waals surface area contributed by atoms with Gasteiger partial charge in [0.15, 0.2) is 5.78 Å². The van der Waals surface area contributed by atoms with Gasteiger partial charge in [-0.3, -0.25) is 9.59 Å². The summed E-state index contributed by atoms with van der Waals surface area (Å²) in [5.74, 6) is -0.402. The second kappa shape index (κ2) is 6.66. The predicted molar refractivity (Wildman–Crippen MR) is 83.3 cm³/mol. The number of ketones is 1. The first-order valence-electron chi connectivity index (χ1n) is 6.99. The molecule has 2 aromatic rings. The van der Waals surface area contributed by atoms with Gasteiger partial charge in [-0.05, 0) is 13.3 Å². The Morgan fingerprint density at radius 1 is 1.32 bits per heavy atom. The highest BCUT2D eigenvalue weighted by Gasteiger charge is 2.21. The van der Waals surface area contributed by atoms with Crippen molar-refractivity contribution in [2.75, 3.05) is 5.75 Å². The van der Waals surface area contributed by atoms with Crippen LogP contribution in [-0.4, -0.2) is 34.6 Å². The van der Waals surface area contributed by atoms with Gasteiger partial charge in [-0.1, -0.05) is 37.5 Å². The van der Waals surface area contributed by atoms with E-state index in [1.807, 2.05) is 0 Å². The Morgan fingerprint density at radius 2 is 2.05 bits per heavy atom. The molecule has 22 heavy (non-hydrogen) atoms. The molecule has 0 aliphatic rings. The van der Waals surface area contributed by atoms with Crippen molar-refractivity contribution in [2.24, 2.45) is 0 Å². The number of aromatic nitrogens is 3. The molecule has 0 saturated heterocycles. The van der Waals surface area contributed by atoms with Gasteiger partial charge in [0.25, 0.3) is 5.56 Å². The van der Waals surface area contributed by atoms with Gasteiger partial charge in [0.1, 0.15) is 5.56 Å². The van der Waals surface area contributed by atoms with Crippen molar-refractivity contribution in [1.82, 2.24) is 14.6 Å². The van der Waals surface area contributed by atoms with E-state index in [2.05, 4.69) is 17.0 Å². The zero-order valence-corrected chi connectivity index (χ0v) is 14.0. The highest BCUT2D eigenvalue weighted by molar-refractivity contribution is 7.93. The van der Waals surface area contributed by atoms with Crippen molar-refractivity contribution in [2.45, 2.75) is 43.9 Å². The van der Waals surface area contributed by atoms with Crippen LogP contribution >= 0.6 is 11.3 Å². The largest absolute Gasteiger partial charge is 0.294 e. The fourth-order valence-corrected chi connectivity index (χ4v) is 4.49. The first-order chi connectivity index (χ1) is 10.3. The molecule has 120 valence electrons. The molecule has 2 rings (SSSR count). The van der Waals surface area contributed by atoms with Crippen molar-refractivity contribution in [3.8, 4) is 0 Å². The minimum atomic E-state index is -3.49. The Bertz CT molecular complexity index is 852. The van der Waals surface area contributed by atoms with Crippen LogP contribution in [0, 0.1) is 0 Å². The summed E-state index contributed by atoms with van der Waals surface area (Å²) in [6.45, 7) is 3.31. The summed E-state index contributed by atoms with van der Waals surface area (Å²) in [6, 6.07) is 0. The minimum absolute atomic E-state index is 0.0250. The fraction of sp³-hybridized carbons (Fsp3) is 0.538. The molecule has 9 heteroatoms. The molecule has 0 aliphatic carbocycles. The first kappa shape index (κ1) is 16.8. The van der Waals surface area contributed by atoms with Gasteiger partial charge in [0.2, 0.25) is 19.1 Å². The second-order valence-corrected chi connectivity index (χ2v) is 8.23. The Balaban J connectivity index is 2.33. The first-order valence-corrected chi connectivity index (χ1v) is 9.46. The third-order valence-electron chi connectivity index (χ3n) is 3.15. The second-order valence-electron chi connectivity index (χ2n) is 4.99. The third-order valence-corrected chi connectivity index (χ3v) is 6.32. The molecule has 7 nitrogen and oxygen atoms in total. The summed E-state index contributed by atoms with van der Waals surface area (Å²) in [6.07, 6.45) is 4.69. The Kier molecular flexibility index (Phi) is 5.07. The number of hydrogen-bond acceptors (Lipinski definition) is 7. The van der Waals surface area contributed by atoms with Gasteiger partial charge >= 0.3 is 0 Å². The lowest BCUT2D eigenvalue weighted by molar-refractivity contribution is 0.101. The maximum absolute atomic E-state index is 12.2. The summed E-state index contributed by atoms with van der Waals surface area (Å²) in [5, 5.41) is 3.96. The number of sulfone groups is 1. The molecule has 0 spiro atoms. The number of unbranched alkanes of at least 4 members (excludes halogenated alkanes) is 3. The zero-order valence-electron chi connectivity index (χ0n) is 12.4. The van der Waals surface area contributed by atoms with Crippen LogP contribution in [0.4, 0.5) is 0 Å². The van der Waals surface area contributed by atoms with Gasteiger partial charge < -0.3 is 0 Å². The molecule has 0 saturated carbocycles. The fourth-order valence-electron chi connectivity index (χ4n) is 1.93. The maximum Gasteiger partial charge on any atom is 0.284 e. The molecular formula is C13H17N3O4S2. The van der Waals surface area contributed by atoms with Crippen molar-refractivity contribution in [3.05, 3.63) is 22.1 Å². The van der Waals surface area contributed by atoms with Crippen molar-refractivity contribution < 1.29 is 13.2 Å². The summed E-state index contributed by atoms with van der Waals surface area (Å²) in [4.78, 5) is 26.9. The number of nitrogens with zero attached hydrogens (tertiary/aromatic N) is 3. The molecule has 0 radical (unpaired) electrons. The van der Waals surface area contributed by atoms with Crippen LogP contribution < -0.4 is 5.56 Å². The summed E-state index contributed by atoms with van der Waals surface area (Å²) in [5.41, 5.74) is -0.766. The van der Waals surface area contributed by atoms with Crippen LogP contribution in [0.15, 0.2) is 15.3 Å². The zero-order chi connectivity index (χ0) is 16.3. The number of carbonyl (C=O) groups excluding carboxylic acids is 1. The van der Waals surface area contributed by atoms with Gasteiger partial charge in [0, 0.05) is 6.20 Å². The summed E-state index contributed by atoms with van der Waals surface area (Å²) in [7, 11) is -3.49. The predicted octanol–water partition coefficient (Wildman–Crippen LogP) is 1.71. The molecule has 0 atom stereocenters. The minimum Gasteiger partial charge on any atom is -0.294 e. The normalized spacial score (nSPS) is 11.9. The SMILES string of the molecule is CCCCCCS(=O)(=O)c1nn2cc(C(C)=O)c(=O)nc2s1. The van der Waals surface area contributed by atoms with Crippen LogP contribution in [0.2, 0.25) is 0 Å². The number of fused-ring (bicyclic) bond motifs is 1. The number of carbonyl (C=O) groups is 1. The van der Waals surface area contributed by atoms with E-state index in [1.54, 1.807) is 0 Å². The van der Waals surface area contributed by atoms with Gasteiger partial charge in [-0.15, -0.1) is 5.10 Å². The average Bonchev–Trinajstić information content (AvgIpc) is 2.86. The van der Waals surface area contributed by atoms with Crippen molar-refractivity contribution in [1.29, 1.82) is 0 Å². The monoisotopic (exact) mass is 343 g/mol. The Hall–Kier alpha value is -1.61. The van der Waals surface area contributed by atoms with E-state index in [1.165, 1.54) is 17.6 Å². The Labute approximate surface area is 131 Å². The van der Waals surface area contributed by atoms with Crippen molar-refractivity contribution in [3.63, 3.8) is 0 Å². The van der Waals surface area contributed by atoms with E-state index < -0.39 is 21.2 Å². The lowest BCUT2D eigenvalue weighted by Crippen LogP contribution is -2.17. The Morgan fingerprint density at radius 3 is 2.68 bits per heavy atom. The van der Waals surface area contributed by atoms with E-state index in [9.17, 15) is 18.0 Å². The molecule has 0 amide bonds. The van der Waals surface area contributed by atoms with E-state index in [4.69, 9.17) is 0 Å². The quantitative estimate of drug-likeness (QED) is 0.560. The van der Waals surface area contributed by atoms with Gasteiger partial charge in [-0.2, -0.15) is 4.98 Å². The number of Topliss-reactive ketones (excluding diaryl/α,β-unsaturated/α-hetero) is 1. The van der Waals surface area contributed by atoms with Crippen LogP contribution in [0.5, 0.6) is 0 Å². The van der Waals surface area contributed by atoms with Crippen LogP contribution in [-0.2, 0) is 9.84 Å². The topological polar surface area (TPSA) is 98.5 Å². The molecule has 0 aliphatic heterocycles. The molecule has 0 N–H and O–H groups in total. The maximum atomic E-state index is 12.2. The molecule has 0 unspecified atom stereocenters. The van der Waals surface area contributed by atoms with Gasteiger partial charge in [-0.25, -0.2) is 12.9 Å². The van der Waals surface area contributed by atoms with Crippen molar-refractivity contribution >= 4 is 31.9 Å². The number of rotatable bonds is 7. The number of hydrogen-bond donors (Lipinski definition) is 0. The molecule has 2 aromatic heterocycles. The smallest absolute Gasteiger partial charge is 0.284 e. The highest BCUT2D eigenvalue weighted by atomic mass is 32.2. The lowest BCUT2D eigenvalue weighted by Gasteiger charge is -1.99. The summed E-state index contributed by atoms with van der Waals surface area (Å²) >= 11 is 0.844. The molecular weight excluding hydrogens is 326 g/mol. The molecule has 0 aromatic carbocycles. The van der Waals surface area contributed by atoms with Crippen LogP contribution in [0.1, 0.15) is 49.9 Å². The standard InChI is InChI=1S/C13H17N3O4S2/c1-3-4-5-6-7-22(19,20)13-15-16-8-10(9(2)17)11(18)14-12(16)21-13/h8H,3-7H2,1-2H3. The van der Waals surface area contributed by atoms with E-state index in [-0.39, 0.29) is 20.6 Å². The van der Waals surface area contributed by atoms with Gasteiger partial charge in [0.05, 0.1) is 5.75 Å². The van der Waals surface area contributed by atoms with E-state index in [0.29, 0.717) is 6.42 Å². The lowest BCUT2D eigenvalue weighted by atomic mass is 10.2. The van der Waals surface area contributed by atoms with E-state index in [0.717, 1.165) is 30.6 Å². The average molecular weight is 343 g/mol. The summed E-state index contributed by atoms with van der Waals surface area (Å²) < 4.78 is 25.6. The molecule has 2 heterocycles. The van der Waals surface area contributed by atoms with Crippen LogP contribution in [0.3, 0.4) is 0 Å². The molecule has 0 bridgehead atoms. The van der Waals surface area contributed by atoms with Crippen LogP contribution in [0.25, 0.3) is 4.96 Å². The van der Waals surface area contributed by atoms with E-state index >= 15 is 0 Å².